The molecule has 4 rings (SSSR count). The van der Waals surface area contributed by atoms with Crippen LogP contribution in [0.15, 0.2) is 52.4 Å². The second-order valence-corrected chi connectivity index (χ2v) is 8.36. The predicted octanol–water partition coefficient (Wildman–Crippen LogP) is 3.37. The van der Waals surface area contributed by atoms with E-state index in [0.29, 0.717) is 47.2 Å². The van der Waals surface area contributed by atoms with Gasteiger partial charge in [0.25, 0.3) is 5.56 Å². The molecule has 0 atom stereocenters. The monoisotopic (exact) mass is 466 g/mol. The number of hydrogen-bond donors (Lipinski definition) is 2. The number of amides is 1. The number of carbonyl (C=O) groups is 1. The van der Waals surface area contributed by atoms with Crippen molar-refractivity contribution in [1.29, 1.82) is 0 Å². The molecule has 0 spiro atoms. The summed E-state index contributed by atoms with van der Waals surface area (Å²) in [6, 6.07) is 13.4. The van der Waals surface area contributed by atoms with E-state index in [1.807, 2.05) is 49.4 Å². The maximum absolute atomic E-state index is 13.0. The van der Waals surface area contributed by atoms with Crippen molar-refractivity contribution in [3.05, 3.63) is 58.4 Å². The Labute approximate surface area is 195 Å². The van der Waals surface area contributed by atoms with Crippen LogP contribution in [0.2, 0.25) is 0 Å². The van der Waals surface area contributed by atoms with E-state index in [-0.39, 0.29) is 17.2 Å². The van der Waals surface area contributed by atoms with Crippen LogP contribution in [0.4, 0.5) is 0 Å². The third-order valence-corrected chi connectivity index (χ3v) is 6.38. The highest BCUT2D eigenvalue weighted by molar-refractivity contribution is 7.99. The molecule has 0 aliphatic carbocycles. The summed E-state index contributed by atoms with van der Waals surface area (Å²) in [6.45, 7) is 2.86. The average Bonchev–Trinajstić information content (AvgIpc) is 3.21. The molecule has 0 fully saturated rings. The highest BCUT2D eigenvalue weighted by Gasteiger charge is 2.16. The molecular weight excluding hydrogens is 440 g/mol. The molecule has 2 heterocycles. The van der Waals surface area contributed by atoms with Gasteiger partial charge in [-0.05, 0) is 37.1 Å². The van der Waals surface area contributed by atoms with E-state index in [1.54, 1.807) is 18.8 Å². The number of hydrogen-bond acceptors (Lipinski definition) is 6. The van der Waals surface area contributed by atoms with Gasteiger partial charge >= 0.3 is 0 Å². The van der Waals surface area contributed by atoms with Crippen molar-refractivity contribution in [3.8, 4) is 11.5 Å². The van der Waals surface area contributed by atoms with Gasteiger partial charge in [0, 0.05) is 24.0 Å². The molecule has 0 aliphatic heterocycles. The van der Waals surface area contributed by atoms with Crippen LogP contribution < -0.4 is 20.3 Å². The summed E-state index contributed by atoms with van der Waals surface area (Å²) in [4.78, 5) is 33.3. The lowest BCUT2D eigenvalue weighted by Crippen LogP contribution is -2.28. The molecule has 0 bridgehead atoms. The summed E-state index contributed by atoms with van der Waals surface area (Å²) in [5.41, 5.74) is 2.90. The van der Waals surface area contributed by atoms with Crippen molar-refractivity contribution < 1.29 is 14.3 Å². The van der Waals surface area contributed by atoms with E-state index >= 15 is 0 Å². The first-order valence-corrected chi connectivity index (χ1v) is 11.7. The van der Waals surface area contributed by atoms with E-state index < -0.39 is 0 Å². The molecule has 0 saturated carbocycles. The quantitative estimate of drug-likeness (QED) is 0.290. The fraction of sp³-hybridized carbons (Fsp3) is 0.292. The first-order chi connectivity index (χ1) is 16.0. The highest BCUT2D eigenvalue weighted by Crippen LogP contribution is 2.28. The van der Waals surface area contributed by atoms with Gasteiger partial charge in [0.15, 0.2) is 16.7 Å². The SMILES string of the molecule is CCn1c(SCC(=O)NCCc2ccc(OC)c(OC)c2)nc2c([nH]c3ccccc32)c1=O. The third kappa shape index (κ3) is 4.68. The van der Waals surface area contributed by atoms with Gasteiger partial charge in [-0.1, -0.05) is 36.0 Å². The van der Waals surface area contributed by atoms with Crippen LogP contribution >= 0.6 is 11.8 Å². The second-order valence-electron chi connectivity index (χ2n) is 7.42. The molecule has 33 heavy (non-hydrogen) atoms. The number of thioether (sulfide) groups is 1. The van der Waals surface area contributed by atoms with E-state index in [4.69, 9.17) is 14.5 Å². The van der Waals surface area contributed by atoms with Gasteiger partial charge in [0.05, 0.1) is 20.0 Å². The highest BCUT2D eigenvalue weighted by atomic mass is 32.2. The van der Waals surface area contributed by atoms with Crippen LogP contribution in [0.1, 0.15) is 12.5 Å². The number of H-pyrrole nitrogens is 1. The number of ether oxygens (including phenoxy) is 2. The normalized spacial score (nSPS) is 11.1. The molecule has 0 saturated heterocycles. The lowest BCUT2D eigenvalue weighted by atomic mass is 10.1. The summed E-state index contributed by atoms with van der Waals surface area (Å²) >= 11 is 1.27. The molecule has 2 aromatic carbocycles. The largest absolute Gasteiger partial charge is 0.493 e. The van der Waals surface area contributed by atoms with Crippen molar-refractivity contribution in [1.82, 2.24) is 19.9 Å². The number of para-hydroxylation sites is 1. The minimum absolute atomic E-state index is 0.114. The van der Waals surface area contributed by atoms with Crippen LogP contribution in [-0.4, -0.2) is 47.0 Å². The first kappa shape index (κ1) is 22.7. The van der Waals surface area contributed by atoms with E-state index in [1.165, 1.54) is 11.8 Å². The Kier molecular flexibility index (Phi) is 6.88. The zero-order chi connectivity index (χ0) is 23.4. The van der Waals surface area contributed by atoms with Crippen LogP contribution in [0.5, 0.6) is 11.5 Å². The summed E-state index contributed by atoms with van der Waals surface area (Å²) in [7, 11) is 3.19. The van der Waals surface area contributed by atoms with Crippen molar-refractivity contribution >= 4 is 39.6 Å². The van der Waals surface area contributed by atoms with Crippen molar-refractivity contribution in [2.24, 2.45) is 0 Å². The Morgan fingerprint density at radius 3 is 2.70 bits per heavy atom. The maximum Gasteiger partial charge on any atom is 0.278 e. The van der Waals surface area contributed by atoms with Gasteiger partial charge < -0.3 is 19.8 Å². The van der Waals surface area contributed by atoms with Gasteiger partial charge in [0.2, 0.25) is 5.91 Å². The Morgan fingerprint density at radius 1 is 1.15 bits per heavy atom. The van der Waals surface area contributed by atoms with E-state index in [2.05, 4.69) is 10.3 Å². The minimum Gasteiger partial charge on any atom is -0.493 e. The smallest absolute Gasteiger partial charge is 0.278 e. The van der Waals surface area contributed by atoms with Crippen LogP contribution in [0, 0.1) is 0 Å². The molecule has 0 radical (unpaired) electrons. The molecule has 9 heteroatoms. The third-order valence-electron chi connectivity index (χ3n) is 5.41. The molecule has 1 amide bonds. The number of carbonyl (C=O) groups excluding carboxylic acids is 1. The molecule has 8 nitrogen and oxygen atoms in total. The summed E-state index contributed by atoms with van der Waals surface area (Å²) in [5, 5.41) is 4.36. The number of nitrogens with one attached hydrogen (secondary N) is 2. The number of fused-ring (bicyclic) bond motifs is 3. The lowest BCUT2D eigenvalue weighted by Gasteiger charge is -2.11. The Hall–Kier alpha value is -3.46. The minimum atomic E-state index is -0.130. The van der Waals surface area contributed by atoms with Gasteiger partial charge in [-0.3, -0.25) is 14.2 Å². The number of methoxy groups -OCH3 is 2. The molecule has 2 aromatic heterocycles. The Bertz CT molecular complexity index is 1360. The van der Waals surface area contributed by atoms with Crippen LogP contribution in [0.25, 0.3) is 21.9 Å². The lowest BCUT2D eigenvalue weighted by molar-refractivity contribution is -0.118. The Morgan fingerprint density at radius 2 is 1.94 bits per heavy atom. The predicted molar refractivity (Wildman–Crippen MR) is 131 cm³/mol. The number of rotatable bonds is 9. The zero-order valence-corrected chi connectivity index (χ0v) is 19.6. The second kappa shape index (κ2) is 9.99. The molecule has 2 N–H and O–H groups in total. The average molecular weight is 467 g/mol. The van der Waals surface area contributed by atoms with Crippen LogP contribution in [0.3, 0.4) is 0 Å². The van der Waals surface area contributed by atoms with Gasteiger partial charge in [-0.15, -0.1) is 0 Å². The molecular formula is C24H26N4O4S. The fourth-order valence-corrected chi connectivity index (χ4v) is 4.61. The molecule has 4 aromatic rings. The van der Waals surface area contributed by atoms with Gasteiger partial charge in [-0.25, -0.2) is 4.98 Å². The van der Waals surface area contributed by atoms with Crippen molar-refractivity contribution in [2.75, 3.05) is 26.5 Å². The van der Waals surface area contributed by atoms with Crippen LogP contribution in [-0.2, 0) is 17.8 Å². The van der Waals surface area contributed by atoms with E-state index in [0.717, 1.165) is 16.5 Å². The fourth-order valence-electron chi connectivity index (χ4n) is 3.73. The Balaban J connectivity index is 1.42. The summed E-state index contributed by atoms with van der Waals surface area (Å²) in [5.74, 6) is 1.39. The standard InChI is InChI=1S/C24H26N4O4S/c1-4-28-23(30)22-21(16-7-5-6-8-17(16)26-22)27-24(28)33-14-20(29)25-12-11-15-9-10-18(31-2)19(13-15)32-3/h5-10,13,26H,4,11-12,14H2,1-3H3,(H,25,29). The summed E-state index contributed by atoms with van der Waals surface area (Å²) in [6.07, 6.45) is 0.663. The molecule has 172 valence electrons. The van der Waals surface area contributed by atoms with E-state index in [9.17, 15) is 9.59 Å². The number of nitrogens with zero attached hydrogens (tertiary/aromatic N) is 2. The number of benzene rings is 2. The van der Waals surface area contributed by atoms with Gasteiger partial charge in [0.1, 0.15) is 11.0 Å². The topological polar surface area (TPSA) is 98.2 Å². The zero-order valence-electron chi connectivity index (χ0n) is 18.8. The number of aromatic nitrogens is 3. The molecule has 0 unspecified atom stereocenters. The molecule has 0 aliphatic rings. The van der Waals surface area contributed by atoms with Gasteiger partial charge in [-0.2, -0.15) is 0 Å². The first-order valence-electron chi connectivity index (χ1n) is 10.7. The van der Waals surface area contributed by atoms with Crippen molar-refractivity contribution in [3.63, 3.8) is 0 Å². The summed E-state index contributed by atoms with van der Waals surface area (Å²) < 4.78 is 12.2. The number of aromatic amines is 1. The maximum atomic E-state index is 13.0. The van der Waals surface area contributed by atoms with Crippen molar-refractivity contribution in [2.45, 2.75) is 25.0 Å².